The highest BCUT2D eigenvalue weighted by Gasteiger charge is 2.58. The van der Waals surface area contributed by atoms with E-state index in [0.717, 1.165) is 26.1 Å². The zero-order chi connectivity index (χ0) is 20.9. The van der Waals surface area contributed by atoms with Crippen molar-refractivity contribution in [1.29, 1.82) is 0 Å². The fraction of sp³-hybridized carbons (Fsp3) is 1.00. The summed E-state index contributed by atoms with van der Waals surface area (Å²) in [6.07, 6.45) is 11.3. The first-order valence-electron chi connectivity index (χ1n) is 12.0. The minimum absolute atomic E-state index is 0.0380. The van der Waals surface area contributed by atoms with Crippen LogP contribution in [0.4, 0.5) is 0 Å². The SMILES string of the molecule is CCCCCCCCC(C(C)C)(C(C)C)C(OCCC)(OCCC)C(C)C. The van der Waals surface area contributed by atoms with E-state index < -0.39 is 5.79 Å². The van der Waals surface area contributed by atoms with Crippen molar-refractivity contribution in [3.8, 4) is 0 Å². The standard InChI is InChI=1S/C25H52O2/c1-10-13-14-15-16-17-18-24(21(4)5,22(6)7)25(23(8)9,26-19-11-2)27-20-12-3/h21-23H,10-20H2,1-9H3. The quantitative estimate of drug-likeness (QED) is 0.186. The van der Waals surface area contributed by atoms with Crippen molar-refractivity contribution in [2.24, 2.45) is 23.2 Å². The minimum Gasteiger partial charge on any atom is -0.349 e. The van der Waals surface area contributed by atoms with Crippen LogP contribution in [-0.4, -0.2) is 19.0 Å². The van der Waals surface area contributed by atoms with E-state index in [1.54, 1.807) is 0 Å². The molecule has 0 aromatic carbocycles. The molecule has 0 saturated heterocycles. The van der Waals surface area contributed by atoms with Gasteiger partial charge in [0.1, 0.15) is 0 Å². The van der Waals surface area contributed by atoms with E-state index in [1.165, 1.54) is 44.9 Å². The van der Waals surface area contributed by atoms with E-state index in [9.17, 15) is 0 Å². The van der Waals surface area contributed by atoms with E-state index in [1.807, 2.05) is 0 Å². The Kier molecular flexibility index (Phi) is 13.9. The van der Waals surface area contributed by atoms with Crippen LogP contribution in [0.5, 0.6) is 0 Å². The summed E-state index contributed by atoms with van der Waals surface area (Å²) in [5, 5.41) is 0. The second-order valence-electron chi connectivity index (χ2n) is 9.39. The van der Waals surface area contributed by atoms with Gasteiger partial charge in [0.05, 0.1) is 0 Å². The van der Waals surface area contributed by atoms with Gasteiger partial charge in [-0.3, -0.25) is 0 Å². The monoisotopic (exact) mass is 384 g/mol. The van der Waals surface area contributed by atoms with E-state index in [4.69, 9.17) is 9.47 Å². The average Bonchev–Trinajstić information content (AvgIpc) is 2.61. The molecule has 0 aromatic heterocycles. The highest BCUT2D eigenvalue weighted by molar-refractivity contribution is 5.00. The molecular formula is C25H52O2. The highest BCUT2D eigenvalue weighted by atomic mass is 16.7. The molecule has 0 aromatic rings. The van der Waals surface area contributed by atoms with Crippen molar-refractivity contribution >= 4 is 0 Å². The lowest BCUT2D eigenvalue weighted by Crippen LogP contribution is -2.61. The summed E-state index contributed by atoms with van der Waals surface area (Å²) in [7, 11) is 0. The molecule has 0 unspecified atom stereocenters. The van der Waals surface area contributed by atoms with Crippen LogP contribution in [-0.2, 0) is 9.47 Å². The van der Waals surface area contributed by atoms with Crippen LogP contribution in [0.3, 0.4) is 0 Å². The molecule has 0 aliphatic rings. The summed E-state index contributed by atoms with van der Waals surface area (Å²) in [4.78, 5) is 0. The zero-order valence-corrected chi connectivity index (χ0v) is 20.3. The molecule has 0 rings (SSSR count). The molecule has 0 spiro atoms. The molecule has 0 heterocycles. The van der Waals surface area contributed by atoms with Gasteiger partial charge in [-0.25, -0.2) is 0 Å². The predicted molar refractivity (Wildman–Crippen MR) is 120 cm³/mol. The summed E-state index contributed by atoms with van der Waals surface area (Å²) in [5.41, 5.74) is 0.0380. The predicted octanol–water partition coefficient (Wildman–Crippen LogP) is 8.24. The molecule has 0 N–H and O–H groups in total. The summed E-state index contributed by atoms with van der Waals surface area (Å²) in [5.74, 6) is 0.874. The molecule has 0 saturated carbocycles. The van der Waals surface area contributed by atoms with Gasteiger partial charge in [-0.15, -0.1) is 0 Å². The van der Waals surface area contributed by atoms with Crippen molar-refractivity contribution in [2.75, 3.05) is 13.2 Å². The maximum absolute atomic E-state index is 6.70. The summed E-state index contributed by atoms with van der Waals surface area (Å²) < 4.78 is 13.4. The van der Waals surface area contributed by atoms with Crippen molar-refractivity contribution in [2.45, 2.75) is 126 Å². The summed E-state index contributed by atoms with van der Waals surface area (Å²) >= 11 is 0. The van der Waals surface area contributed by atoms with Crippen molar-refractivity contribution < 1.29 is 9.47 Å². The smallest absolute Gasteiger partial charge is 0.176 e. The zero-order valence-electron chi connectivity index (χ0n) is 20.3. The molecule has 0 fully saturated rings. The van der Waals surface area contributed by atoms with Crippen LogP contribution in [0.1, 0.15) is 120 Å². The maximum Gasteiger partial charge on any atom is 0.176 e. The molecule has 0 radical (unpaired) electrons. The average molecular weight is 385 g/mol. The number of hydrogen-bond acceptors (Lipinski definition) is 2. The molecule has 164 valence electrons. The lowest BCUT2D eigenvalue weighted by molar-refractivity contribution is -0.345. The Morgan fingerprint density at radius 1 is 0.556 bits per heavy atom. The van der Waals surface area contributed by atoms with Gasteiger partial charge in [0.15, 0.2) is 5.79 Å². The Balaban J connectivity index is 5.74. The summed E-state index contributed by atoms with van der Waals surface area (Å²) in [6.45, 7) is 22.4. The largest absolute Gasteiger partial charge is 0.349 e. The molecule has 2 heteroatoms. The topological polar surface area (TPSA) is 18.5 Å². The van der Waals surface area contributed by atoms with Gasteiger partial charge in [-0.2, -0.15) is 0 Å². The molecule has 0 aliphatic heterocycles. The normalized spacial score (nSPS) is 13.3. The van der Waals surface area contributed by atoms with Crippen molar-refractivity contribution in [3.05, 3.63) is 0 Å². The number of rotatable bonds is 17. The van der Waals surface area contributed by atoms with Gasteiger partial charge >= 0.3 is 0 Å². The first-order chi connectivity index (χ1) is 12.8. The van der Waals surface area contributed by atoms with E-state index in [-0.39, 0.29) is 5.41 Å². The van der Waals surface area contributed by atoms with Gasteiger partial charge in [0.25, 0.3) is 0 Å². The Labute approximate surface area is 172 Å². The number of hydrogen-bond donors (Lipinski definition) is 0. The van der Waals surface area contributed by atoms with Crippen LogP contribution in [0.25, 0.3) is 0 Å². The minimum atomic E-state index is -0.495. The van der Waals surface area contributed by atoms with Crippen molar-refractivity contribution in [1.82, 2.24) is 0 Å². The lowest BCUT2D eigenvalue weighted by atomic mass is 9.58. The highest BCUT2D eigenvalue weighted by Crippen LogP contribution is 2.55. The molecule has 0 atom stereocenters. The molecular weight excluding hydrogens is 332 g/mol. The molecule has 0 bridgehead atoms. The van der Waals surface area contributed by atoms with E-state index in [2.05, 4.69) is 62.3 Å². The van der Waals surface area contributed by atoms with Gasteiger partial charge in [0, 0.05) is 24.5 Å². The lowest BCUT2D eigenvalue weighted by Gasteiger charge is -2.57. The van der Waals surface area contributed by atoms with E-state index in [0.29, 0.717) is 17.8 Å². The second-order valence-corrected chi connectivity index (χ2v) is 9.39. The van der Waals surface area contributed by atoms with Gasteiger partial charge in [-0.05, 0) is 31.1 Å². The van der Waals surface area contributed by atoms with Crippen molar-refractivity contribution in [3.63, 3.8) is 0 Å². The fourth-order valence-corrected chi connectivity index (χ4v) is 5.11. The first-order valence-corrected chi connectivity index (χ1v) is 12.0. The Morgan fingerprint density at radius 2 is 1.00 bits per heavy atom. The van der Waals surface area contributed by atoms with Gasteiger partial charge < -0.3 is 9.47 Å². The molecule has 0 aliphatic carbocycles. The second kappa shape index (κ2) is 14.0. The third-order valence-corrected chi connectivity index (χ3v) is 6.45. The third kappa shape index (κ3) is 7.03. The Hall–Kier alpha value is -0.0800. The first kappa shape index (κ1) is 26.9. The van der Waals surface area contributed by atoms with Crippen LogP contribution >= 0.6 is 0 Å². The fourth-order valence-electron chi connectivity index (χ4n) is 5.11. The third-order valence-electron chi connectivity index (χ3n) is 6.45. The molecule has 27 heavy (non-hydrogen) atoms. The maximum atomic E-state index is 6.70. The summed E-state index contributed by atoms with van der Waals surface area (Å²) in [6, 6.07) is 0. The van der Waals surface area contributed by atoms with Crippen LogP contribution in [0.15, 0.2) is 0 Å². The van der Waals surface area contributed by atoms with Crippen LogP contribution in [0, 0.1) is 23.2 Å². The number of ether oxygens (including phenoxy) is 2. The van der Waals surface area contributed by atoms with Crippen LogP contribution in [0.2, 0.25) is 0 Å². The Morgan fingerprint density at radius 3 is 1.37 bits per heavy atom. The number of unbranched alkanes of at least 4 members (excludes halogenated alkanes) is 5. The van der Waals surface area contributed by atoms with Crippen LogP contribution < -0.4 is 0 Å². The molecule has 0 amide bonds. The van der Waals surface area contributed by atoms with Gasteiger partial charge in [0.2, 0.25) is 0 Å². The van der Waals surface area contributed by atoms with E-state index >= 15 is 0 Å². The molecule has 2 nitrogen and oxygen atoms in total. The van der Waals surface area contributed by atoms with Gasteiger partial charge in [-0.1, -0.05) is 101 Å². The Bertz CT molecular complexity index is 330.